The normalized spacial score (nSPS) is 11.6. The largest absolute Gasteiger partial charge is 0.471 e. The van der Waals surface area contributed by atoms with Gasteiger partial charge in [-0.15, -0.1) is 0 Å². The lowest BCUT2D eigenvalue weighted by Crippen LogP contribution is -2.43. The third-order valence-electron chi connectivity index (χ3n) is 3.33. The first-order valence-corrected chi connectivity index (χ1v) is 7.20. The Morgan fingerprint density at radius 3 is 2.28 bits per heavy atom. The number of benzene rings is 1. The molecule has 0 atom stereocenters. The molecule has 1 aromatic carbocycles. The van der Waals surface area contributed by atoms with Crippen molar-refractivity contribution in [1.29, 1.82) is 0 Å². The Balaban J connectivity index is 2.18. The van der Waals surface area contributed by atoms with Crippen molar-refractivity contribution in [2.45, 2.75) is 32.6 Å². The Kier molecular flexibility index (Phi) is 5.10. The van der Waals surface area contributed by atoms with Crippen LogP contribution >= 0.6 is 0 Å². The maximum absolute atomic E-state index is 12.5. The van der Waals surface area contributed by atoms with Crippen molar-refractivity contribution in [3.05, 3.63) is 35.7 Å². The number of halogens is 3. The zero-order valence-electron chi connectivity index (χ0n) is 13.4. The summed E-state index contributed by atoms with van der Waals surface area (Å²) in [6, 6.07) is 5.90. The number of hydrogen-bond donors (Lipinski definition) is 1. The molecule has 134 valence electrons. The molecule has 2 N–H and O–H groups in total. The van der Waals surface area contributed by atoms with Crippen molar-refractivity contribution < 1.29 is 27.3 Å². The minimum atomic E-state index is -4.71. The van der Waals surface area contributed by atoms with E-state index < -0.39 is 23.9 Å². The summed E-state index contributed by atoms with van der Waals surface area (Å²) in [7, 11) is 0. The monoisotopic (exact) mass is 356 g/mol. The van der Waals surface area contributed by atoms with Crippen molar-refractivity contribution in [3.63, 3.8) is 0 Å². The van der Waals surface area contributed by atoms with E-state index in [2.05, 4.69) is 14.7 Å². The Labute approximate surface area is 140 Å². The summed E-state index contributed by atoms with van der Waals surface area (Å²) in [4.78, 5) is 27.4. The van der Waals surface area contributed by atoms with Crippen LogP contribution in [0.4, 0.5) is 13.2 Å². The molecule has 0 aliphatic heterocycles. The van der Waals surface area contributed by atoms with Crippen molar-refractivity contribution in [2.24, 2.45) is 5.73 Å². The average molecular weight is 356 g/mol. The number of amides is 2. The smallest absolute Gasteiger partial charge is 0.361 e. The predicted molar refractivity (Wildman–Crippen MR) is 79.6 cm³/mol. The van der Waals surface area contributed by atoms with Crippen LogP contribution in [0.25, 0.3) is 11.4 Å². The molecule has 0 saturated heterocycles. The van der Waals surface area contributed by atoms with Gasteiger partial charge in [-0.25, -0.2) is 0 Å². The number of hydrogen-bond acceptors (Lipinski definition) is 5. The molecule has 0 aliphatic rings. The standard InChI is InChI=1S/C15H15F3N4O3/c1-8(2)22(13(24)11(19)23)7-9-3-5-10(6-4-9)12-20-14(25-21-12)15(16,17)18/h3-6,8H,7H2,1-2H3,(H2,19,23). The molecule has 2 aromatic rings. The number of carbonyl (C=O) groups excluding carboxylic acids is 2. The van der Waals surface area contributed by atoms with Crippen LogP contribution in [0.5, 0.6) is 0 Å². The Bertz CT molecular complexity index is 769. The number of nitrogens with two attached hydrogens (primary N) is 1. The second-order valence-electron chi connectivity index (χ2n) is 5.51. The van der Waals surface area contributed by atoms with Gasteiger partial charge in [-0.05, 0) is 19.4 Å². The zero-order valence-corrected chi connectivity index (χ0v) is 13.4. The fraction of sp³-hybridized carbons (Fsp3) is 0.333. The molecular formula is C15H15F3N4O3. The zero-order chi connectivity index (χ0) is 18.8. The van der Waals surface area contributed by atoms with Gasteiger partial charge in [0.1, 0.15) is 0 Å². The molecule has 25 heavy (non-hydrogen) atoms. The molecule has 0 aliphatic carbocycles. The van der Waals surface area contributed by atoms with Crippen LogP contribution in [0.2, 0.25) is 0 Å². The molecule has 10 heteroatoms. The summed E-state index contributed by atoms with van der Waals surface area (Å²) in [6.45, 7) is 3.58. The van der Waals surface area contributed by atoms with Gasteiger partial charge >= 0.3 is 23.9 Å². The molecule has 0 radical (unpaired) electrons. The maximum Gasteiger partial charge on any atom is 0.471 e. The SMILES string of the molecule is CC(C)N(Cc1ccc(-c2noc(C(F)(F)F)n2)cc1)C(=O)C(N)=O. The molecule has 2 amide bonds. The molecule has 1 aromatic heterocycles. The minimum absolute atomic E-state index is 0.125. The summed E-state index contributed by atoms with van der Waals surface area (Å²) in [5.74, 6) is -3.50. The highest BCUT2D eigenvalue weighted by atomic mass is 19.4. The minimum Gasteiger partial charge on any atom is -0.361 e. The van der Waals surface area contributed by atoms with Gasteiger partial charge in [0.25, 0.3) is 0 Å². The van der Waals surface area contributed by atoms with Gasteiger partial charge in [0, 0.05) is 18.2 Å². The summed E-state index contributed by atoms with van der Waals surface area (Å²) in [5, 5.41) is 3.29. The molecule has 0 spiro atoms. The van der Waals surface area contributed by atoms with E-state index in [4.69, 9.17) is 5.73 Å². The van der Waals surface area contributed by atoms with Crippen molar-refractivity contribution in [3.8, 4) is 11.4 Å². The highest BCUT2D eigenvalue weighted by Crippen LogP contribution is 2.29. The van der Waals surface area contributed by atoms with E-state index in [-0.39, 0.29) is 18.4 Å². The molecule has 2 rings (SSSR count). The number of rotatable bonds is 4. The number of primary amides is 1. The third-order valence-corrected chi connectivity index (χ3v) is 3.33. The molecule has 0 unspecified atom stereocenters. The molecule has 0 bridgehead atoms. The summed E-state index contributed by atoms with van der Waals surface area (Å²) in [5.41, 5.74) is 6.00. The molecule has 0 saturated carbocycles. The van der Waals surface area contributed by atoms with E-state index in [1.54, 1.807) is 26.0 Å². The number of alkyl halides is 3. The molecule has 0 fully saturated rings. The maximum atomic E-state index is 12.5. The van der Waals surface area contributed by atoms with Crippen LogP contribution < -0.4 is 5.73 Å². The second-order valence-corrected chi connectivity index (χ2v) is 5.51. The van der Waals surface area contributed by atoms with Crippen LogP contribution in [0.3, 0.4) is 0 Å². The van der Waals surface area contributed by atoms with Gasteiger partial charge in [0.15, 0.2) is 0 Å². The number of aromatic nitrogens is 2. The highest BCUT2D eigenvalue weighted by molar-refractivity contribution is 6.34. The van der Waals surface area contributed by atoms with Crippen molar-refractivity contribution in [1.82, 2.24) is 15.0 Å². The van der Waals surface area contributed by atoms with E-state index in [9.17, 15) is 22.8 Å². The number of nitrogens with zero attached hydrogens (tertiary/aromatic N) is 3. The van der Waals surface area contributed by atoms with Crippen LogP contribution in [-0.4, -0.2) is 32.9 Å². The first kappa shape index (κ1) is 18.4. The van der Waals surface area contributed by atoms with E-state index >= 15 is 0 Å². The average Bonchev–Trinajstić information content (AvgIpc) is 3.02. The lowest BCUT2D eigenvalue weighted by Gasteiger charge is -2.25. The number of carbonyl (C=O) groups is 2. The van der Waals surface area contributed by atoms with E-state index in [1.807, 2.05) is 0 Å². The van der Waals surface area contributed by atoms with Crippen LogP contribution in [0.1, 0.15) is 25.3 Å². The predicted octanol–water partition coefficient (Wildman–Crippen LogP) is 1.98. The third kappa shape index (κ3) is 4.34. The lowest BCUT2D eigenvalue weighted by atomic mass is 10.1. The van der Waals surface area contributed by atoms with E-state index in [0.717, 1.165) is 0 Å². The topological polar surface area (TPSA) is 102 Å². The Hall–Kier alpha value is -2.91. The fourth-order valence-corrected chi connectivity index (χ4v) is 2.04. The van der Waals surface area contributed by atoms with Gasteiger partial charge in [0.05, 0.1) is 0 Å². The van der Waals surface area contributed by atoms with Gasteiger partial charge in [-0.1, -0.05) is 29.4 Å². The Morgan fingerprint density at radius 1 is 1.24 bits per heavy atom. The van der Waals surface area contributed by atoms with Gasteiger partial charge in [0.2, 0.25) is 5.82 Å². The van der Waals surface area contributed by atoms with Crippen LogP contribution in [0, 0.1) is 0 Å². The molecular weight excluding hydrogens is 341 g/mol. The van der Waals surface area contributed by atoms with Gasteiger partial charge in [-0.2, -0.15) is 18.2 Å². The lowest BCUT2D eigenvalue weighted by molar-refractivity contribution is -0.159. The van der Waals surface area contributed by atoms with Crippen molar-refractivity contribution >= 4 is 11.8 Å². The first-order chi connectivity index (χ1) is 11.6. The second kappa shape index (κ2) is 6.91. The summed E-state index contributed by atoms with van der Waals surface area (Å²) < 4.78 is 41.6. The van der Waals surface area contributed by atoms with E-state index in [1.165, 1.54) is 17.0 Å². The van der Waals surface area contributed by atoms with E-state index in [0.29, 0.717) is 11.1 Å². The van der Waals surface area contributed by atoms with Crippen LogP contribution in [0.15, 0.2) is 28.8 Å². The molecule has 7 nitrogen and oxygen atoms in total. The van der Waals surface area contributed by atoms with Gasteiger partial charge < -0.3 is 15.2 Å². The summed E-state index contributed by atoms with van der Waals surface area (Å²) >= 11 is 0. The highest BCUT2D eigenvalue weighted by Gasteiger charge is 2.38. The van der Waals surface area contributed by atoms with Crippen LogP contribution in [-0.2, 0) is 22.3 Å². The first-order valence-electron chi connectivity index (χ1n) is 7.20. The summed E-state index contributed by atoms with van der Waals surface area (Å²) in [6.07, 6.45) is -4.71. The van der Waals surface area contributed by atoms with Gasteiger partial charge in [-0.3, -0.25) is 9.59 Å². The Morgan fingerprint density at radius 2 is 1.84 bits per heavy atom. The van der Waals surface area contributed by atoms with Crippen molar-refractivity contribution in [2.75, 3.05) is 0 Å². The fourth-order valence-electron chi connectivity index (χ4n) is 2.04. The molecule has 1 heterocycles. The quantitative estimate of drug-likeness (QED) is 0.844.